The fourth-order valence-electron chi connectivity index (χ4n) is 4.96. The number of nitrogens with one attached hydrogen (secondary N) is 1. The third kappa shape index (κ3) is 6.57. The number of benzene rings is 2. The van der Waals surface area contributed by atoms with E-state index in [4.69, 9.17) is 4.52 Å². The van der Waals surface area contributed by atoms with Gasteiger partial charge in [-0.15, -0.1) is 0 Å². The van der Waals surface area contributed by atoms with Crippen LogP contribution in [0.2, 0.25) is 0 Å². The number of rotatable bonds is 8. The van der Waals surface area contributed by atoms with Gasteiger partial charge in [0.2, 0.25) is 17.6 Å². The van der Waals surface area contributed by atoms with Gasteiger partial charge in [-0.25, -0.2) is 0 Å². The molecule has 1 N–H and O–H groups in total. The molecule has 35 heavy (non-hydrogen) atoms. The lowest BCUT2D eigenvalue weighted by Crippen LogP contribution is -2.42. The molecule has 1 unspecified atom stereocenters. The van der Waals surface area contributed by atoms with Gasteiger partial charge in [-0.2, -0.15) is 4.98 Å². The fraction of sp³-hybridized carbons (Fsp3) is 0.444. The Morgan fingerprint density at radius 1 is 1.00 bits per heavy atom. The number of likely N-dealkylation sites (tertiary alicyclic amines) is 2. The minimum atomic E-state index is -0.0225. The van der Waals surface area contributed by atoms with Crippen molar-refractivity contribution in [2.75, 3.05) is 26.2 Å². The van der Waals surface area contributed by atoms with Gasteiger partial charge >= 0.3 is 0 Å². The Morgan fingerprint density at radius 2 is 1.77 bits per heavy atom. The van der Waals surface area contributed by atoms with Gasteiger partial charge < -0.3 is 9.84 Å². The summed E-state index contributed by atoms with van der Waals surface area (Å²) < 4.78 is 6.47. The van der Waals surface area contributed by atoms with Crippen LogP contribution >= 0.6 is 15.9 Å². The lowest BCUT2D eigenvalue weighted by atomic mass is 9.97. The van der Waals surface area contributed by atoms with Crippen molar-refractivity contribution in [1.29, 1.82) is 0 Å². The number of piperidine rings is 1. The Labute approximate surface area is 215 Å². The van der Waals surface area contributed by atoms with Crippen molar-refractivity contribution in [3.05, 3.63) is 70.0 Å². The van der Waals surface area contributed by atoms with Crippen molar-refractivity contribution >= 4 is 21.8 Å². The highest BCUT2D eigenvalue weighted by Gasteiger charge is 2.27. The second kappa shape index (κ2) is 11.5. The van der Waals surface area contributed by atoms with Crippen LogP contribution in [0.5, 0.6) is 0 Å². The first kappa shape index (κ1) is 24.2. The molecule has 7 nitrogen and oxygen atoms in total. The van der Waals surface area contributed by atoms with Crippen LogP contribution in [0.1, 0.15) is 42.7 Å². The summed E-state index contributed by atoms with van der Waals surface area (Å²) in [5, 5.41) is 7.27. The first-order chi connectivity index (χ1) is 17.1. The smallest absolute Gasteiger partial charge is 0.241 e. The molecule has 1 amide bonds. The average Bonchev–Trinajstić information content (AvgIpc) is 3.56. The van der Waals surface area contributed by atoms with Gasteiger partial charge in [-0.1, -0.05) is 57.5 Å². The summed E-state index contributed by atoms with van der Waals surface area (Å²) in [7, 11) is 0. The van der Waals surface area contributed by atoms with Crippen molar-refractivity contribution < 1.29 is 9.32 Å². The van der Waals surface area contributed by atoms with Gasteiger partial charge in [0.1, 0.15) is 0 Å². The van der Waals surface area contributed by atoms with Crippen LogP contribution in [-0.2, 0) is 24.4 Å². The summed E-state index contributed by atoms with van der Waals surface area (Å²) >= 11 is 3.48. The van der Waals surface area contributed by atoms with Gasteiger partial charge in [0.15, 0.2) is 0 Å². The molecular formula is C27H32BrN5O2. The second-order valence-corrected chi connectivity index (χ2v) is 10.5. The van der Waals surface area contributed by atoms with Crippen LogP contribution in [0.4, 0.5) is 0 Å². The maximum atomic E-state index is 12.9. The summed E-state index contributed by atoms with van der Waals surface area (Å²) in [6.07, 6.45) is 4.51. The quantitative estimate of drug-likeness (QED) is 0.451. The summed E-state index contributed by atoms with van der Waals surface area (Å²) in [5.74, 6) is 1.26. The minimum absolute atomic E-state index is 0.0225. The highest BCUT2D eigenvalue weighted by Crippen LogP contribution is 2.22. The van der Waals surface area contributed by atoms with Gasteiger partial charge in [-0.05, 0) is 68.6 Å². The van der Waals surface area contributed by atoms with Gasteiger partial charge in [0, 0.05) is 29.7 Å². The molecule has 184 valence electrons. The number of carbonyl (C=O) groups is 1. The Kier molecular flexibility index (Phi) is 7.91. The van der Waals surface area contributed by atoms with Crippen LogP contribution in [0.15, 0.2) is 57.5 Å². The summed E-state index contributed by atoms with van der Waals surface area (Å²) in [6.45, 7) is 6.19. The molecule has 3 heterocycles. The number of amides is 1. The van der Waals surface area contributed by atoms with Crippen molar-refractivity contribution in [1.82, 2.24) is 25.3 Å². The molecule has 1 atom stereocenters. The van der Waals surface area contributed by atoms with Gasteiger partial charge in [0.25, 0.3) is 0 Å². The van der Waals surface area contributed by atoms with Crippen LogP contribution in [0.3, 0.4) is 0 Å². The zero-order chi connectivity index (χ0) is 24.0. The highest BCUT2D eigenvalue weighted by molar-refractivity contribution is 9.10. The van der Waals surface area contributed by atoms with E-state index in [1.54, 1.807) is 0 Å². The molecule has 2 aliphatic rings. The predicted octanol–water partition coefficient (Wildman–Crippen LogP) is 4.62. The molecule has 5 rings (SSSR count). The van der Waals surface area contributed by atoms with Gasteiger partial charge in [0.05, 0.1) is 12.5 Å². The van der Waals surface area contributed by atoms with E-state index in [1.807, 2.05) is 24.3 Å². The number of hydrogen-bond donors (Lipinski definition) is 1. The summed E-state index contributed by atoms with van der Waals surface area (Å²) in [4.78, 5) is 22.2. The molecule has 0 radical (unpaired) electrons. The SMILES string of the molecule is O=C(NCc1ccc(CN2CCCC2)cc1)C1CCCN(Cc2nc(-c3cccc(Br)c3)no2)C1. The van der Waals surface area contributed by atoms with Crippen LogP contribution < -0.4 is 5.32 Å². The summed E-state index contributed by atoms with van der Waals surface area (Å²) in [6, 6.07) is 16.5. The molecule has 1 aromatic heterocycles. The van der Waals surface area contributed by atoms with Crippen molar-refractivity contribution in [2.24, 2.45) is 5.92 Å². The molecule has 0 saturated carbocycles. The maximum Gasteiger partial charge on any atom is 0.241 e. The third-order valence-corrected chi connectivity index (χ3v) is 7.37. The number of carbonyl (C=O) groups excluding carboxylic acids is 1. The molecule has 0 spiro atoms. The van der Waals surface area contributed by atoms with Crippen molar-refractivity contribution in [2.45, 2.75) is 45.3 Å². The zero-order valence-electron chi connectivity index (χ0n) is 20.0. The van der Waals surface area contributed by atoms with Crippen LogP contribution in [-0.4, -0.2) is 52.0 Å². The van der Waals surface area contributed by atoms with E-state index in [-0.39, 0.29) is 11.8 Å². The standard InChI is InChI=1S/C27H32BrN5O2/c28-24-7-3-5-22(15-24)26-30-25(35-31-26)19-33-14-4-6-23(18-33)27(34)29-16-20-8-10-21(11-9-20)17-32-12-1-2-13-32/h3,5,7-11,15,23H,1-2,4,6,12-14,16-19H2,(H,29,34). The van der Waals surface area contributed by atoms with E-state index in [1.165, 1.54) is 31.5 Å². The van der Waals surface area contributed by atoms with Crippen molar-refractivity contribution in [3.8, 4) is 11.4 Å². The predicted molar refractivity (Wildman–Crippen MR) is 138 cm³/mol. The lowest BCUT2D eigenvalue weighted by molar-refractivity contribution is -0.127. The van der Waals surface area contributed by atoms with Gasteiger partial charge in [-0.3, -0.25) is 14.6 Å². The summed E-state index contributed by atoms with van der Waals surface area (Å²) in [5.41, 5.74) is 3.39. The van der Waals surface area contributed by atoms with Crippen LogP contribution in [0, 0.1) is 5.92 Å². The minimum Gasteiger partial charge on any atom is -0.352 e. The molecule has 0 bridgehead atoms. The van der Waals surface area contributed by atoms with E-state index in [2.05, 4.69) is 65.5 Å². The molecule has 8 heteroatoms. The third-order valence-electron chi connectivity index (χ3n) is 6.88. The Morgan fingerprint density at radius 3 is 2.57 bits per heavy atom. The molecular weight excluding hydrogens is 506 g/mol. The molecule has 2 saturated heterocycles. The normalized spacial score (nSPS) is 19.2. The maximum absolute atomic E-state index is 12.9. The fourth-order valence-corrected chi connectivity index (χ4v) is 5.36. The first-order valence-corrected chi connectivity index (χ1v) is 13.3. The molecule has 3 aromatic rings. The van der Waals surface area contributed by atoms with E-state index in [9.17, 15) is 4.79 Å². The monoisotopic (exact) mass is 537 g/mol. The molecule has 2 aromatic carbocycles. The number of hydrogen-bond acceptors (Lipinski definition) is 6. The van der Waals surface area contributed by atoms with Crippen LogP contribution in [0.25, 0.3) is 11.4 Å². The largest absolute Gasteiger partial charge is 0.352 e. The average molecular weight is 538 g/mol. The molecule has 2 aliphatic heterocycles. The molecule has 0 aliphatic carbocycles. The van der Waals surface area contributed by atoms with E-state index < -0.39 is 0 Å². The van der Waals surface area contributed by atoms with Crippen molar-refractivity contribution in [3.63, 3.8) is 0 Å². The number of nitrogens with zero attached hydrogens (tertiary/aromatic N) is 4. The van der Waals surface area contributed by atoms with E-state index >= 15 is 0 Å². The lowest BCUT2D eigenvalue weighted by Gasteiger charge is -2.30. The molecule has 2 fully saturated rings. The first-order valence-electron chi connectivity index (χ1n) is 12.5. The second-order valence-electron chi connectivity index (χ2n) is 9.61. The Balaban J connectivity index is 1.10. The Bertz CT molecular complexity index is 1130. The topological polar surface area (TPSA) is 74.5 Å². The number of halogens is 1. The Hall–Kier alpha value is -2.55. The van der Waals surface area contributed by atoms with E-state index in [0.717, 1.165) is 41.5 Å². The zero-order valence-corrected chi connectivity index (χ0v) is 21.5. The number of aromatic nitrogens is 2. The highest BCUT2D eigenvalue weighted by atomic mass is 79.9. The van der Waals surface area contributed by atoms with E-state index in [0.29, 0.717) is 31.3 Å².